The summed E-state index contributed by atoms with van der Waals surface area (Å²) in [5, 5.41) is 0. The van der Waals surface area contributed by atoms with Gasteiger partial charge in [-0.2, -0.15) is 0 Å². The molecule has 0 radical (unpaired) electrons. The van der Waals surface area contributed by atoms with Crippen LogP contribution in [0.1, 0.15) is 38.8 Å². The minimum atomic E-state index is -0.741. The summed E-state index contributed by atoms with van der Waals surface area (Å²) in [4.78, 5) is 10.9. The molecule has 0 heterocycles. The van der Waals surface area contributed by atoms with Gasteiger partial charge < -0.3 is 4.74 Å². The van der Waals surface area contributed by atoms with Gasteiger partial charge in [0.1, 0.15) is 0 Å². The largest absolute Gasteiger partial charge is 0.447 e. The van der Waals surface area contributed by atoms with Crippen LogP contribution in [-0.4, -0.2) is 11.6 Å². The number of carbonyl (C=O) groups excluding carboxylic acids is 1. The maximum Gasteiger partial charge on any atom is 0.304 e. The van der Waals surface area contributed by atoms with Crippen LogP contribution in [-0.2, 0) is 16.0 Å². The smallest absolute Gasteiger partial charge is 0.304 e. The van der Waals surface area contributed by atoms with Crippen molar-refractivity contribution in [3.05, 3.63) is 35.4 Å². The van der Waals surface area contributed by atoms with Crippen LogP contribution in [0.4, 0.5) is 0 Å². The number of carbonyl (C=O) groups is 1. The van der Waals surface area contributed by atoms with E-state index in [1.54, 1.807) is 13.8 Å². The molecule has 0 aliphatic rings. The fourth-order valence-corrected chi connectivity index (χ4v) is 1.43. The van der Waals surface area contributed by atoms with Crippen molar-refractivity contribution < 1.29 is 9.53 Å². The van der Waals surface area contributed by atoms with E-state index in [4.69, 9.17) is 4.74 Å². The first kappa shape index (κ1) is 13.3. The highest BCUT2D eigenvalue weighted by molar-refractivity contribution is 5.67. The van der Waals surface area contributed by atoms with Crippen molar-refractivity contribution >= 4 is 5.97 Å². The van der Waals surface area contributed by atoms with E-state index in [0.29, 0.717) is 0 Å². The van der Waals surface area contributed by atoms with Gasteiger partial charge in [-0.05, 0) is 38.0 Å². The molecule has 0 aliphatic heterocycles. The monoisotopic (exact) mass is 230 g/mol. The number of hydrogen-bond donors (Lipinski definition) is 0. The first-order valence-corrected chi connectivity index (χ1v) is 5.74. The lowest BCUT2D eigenvalue weighted by Gasteiger charge is -2.16. The molecule has 0 aromatic heterocycles. The Morgan fingerprint density at radius 1 is 1.29 bits per heavy atom. The van der Waals surface area contributed by atoms with Gasteiger partial charge in [0.15, 0.2) is 5.60 Å². The Morgan fingerprint density at radius 3 is 2.35 bits per heavy atom. The molecule has 2 heteroatoms. The molecule has 1 aromatic rings. The van der Waals surface area contributed by atoms with E-state index < -0.39 is 5.60 Å². The van der Waals surface area contributed by atoms with Gasteiger partial charge in [0, 0.05) is 12.5 Å². The first-order valence-electron chi connectivity index (χ1n) is 5.74. The van der Waals surface area contributed by atoms with Crippen LogP contribution in [0.3, 0.4) is 0 Å². The lowest BCUT2D eigenvalue weighted by atomic mass is 10.1. The molecule has 0 unspecified atom stereocenters. The van der Waals surface area contributed by atoms with Gasteiger partial charge in [-0.3, -0.25) is 4.79 Å². The second-order valence-corrected chi connectivity index (χ2v) is 4.40. The van der Waals surface area contributed by atoms with E-state index in [1.807, 2.05) is 12.1 Å². The minimum Gasteiger partial charge on any atom is -0.447 e. The molecule has 0 fully saturated rings. The molecule has 0 atom stereocenters. The van der Waals surface area contributed by atoms with Crippen molar-refractivity contribution in [2.75, 3.05) is 0 Å². The molecule has 0 aliphatic carbocycles. The molecule has 0 amide bonds. The summed E-state index contributed by atoms with van der Waals surface area (Å²) in [6.45, 7) is 7.06. The summed E-state index contributed by atoms with van der Waals surface area (Å²) >= 11 is 0. The highest BCUT2D eigenvalue weighted by Gasteiger charge is 2.16. The van der Waals surface area contributed by atoms with Gasteiger partial charge in [-0.25, -0.2) is 0 Å². The Kier molecular flexibility index (Phi) is 4.34. The zero-order chi connectivity index (χ0) is 12.9. The van der Waals surface area contributed by atoms with Crippen LogP contribution in [0.2, 0.25) is 0 Å². The summed E-state index contributed by atoms with van der Waals surface area (Å²) < 4.78 is 5.09. The van der Waals surface area contributed by atoms with Crippen LogP contribution in [0.5, 0.6) is 0 Å². The Morgan fingerprint density at radius 2 is 1.88 bits per heavy atom. The number of benzene rings is 1. The lowest BCUT2D eigenvalue weighted by Crippen LogP contribution is -2.24. The lowest BCUT2D eigenvalue weighted by molar-refractivity contribution is -0.148. The molecule has 0 bridgehead atoms. The van der Waals surface area contributed by atoms with Crippen LogP contribution in [0.25, 0.3) is 0 Å². The van der Waals surface area contributed by atoms with E-state index in [-0.39, 0.29) is 5.97 Å². The Bertz CT molecular complexity index is 444. The maximum absolute atomic E-state index is 10.9. The number of ether oxygens (including phenoxy) is 1. The first-order chi connectivity index (χ1) is 7.93. The van der Waals surface area contributed by atoms with Crippen molar-refractivity contribution in [3.63, 3.8) is 0 Å². The summed E-state index contributed by atoms with van der Waals surface area (Å²) in [6.07, 6.45) is 1.02. The summed E-state index contributed by atoms with van der Waals surface area (Å²) in [6, 6.07) is 8.08. The summed E-state index contributed by atoms with van der Waals surface area (Å²) in [7, 11) is 0. The van der Waals surface area contributed by atoms with Crippen molar-refractivity contribution in [3.8, 4) is 11.8 Å². The van der Waals surface area contributed by atoms with E-state index in [9.17, 15) is 4.79 Å². The second-order valence-electron chi connectivity index (χ2n) is 4.40. The van der Waals surface area contributed by atoms with Crippen molar-refractivity contribution in [2.24, 2.45) is 0 Å². The normalized spacial score (nSPS) is 10.4. The topological polar surface area (TPSA) is 26.3 Å². The van der Waals surface area contributed by atoms with E-state index >= 15 is 0 Å². The standard InChI is InChI=1S/C15H18O2/c1-5-13-6-8-14(9-7-13)10-11-15(3,4)17-12(2)16/h6-9H,5H2,1-4H3. The predicted molar refractivity (Wildman–Crippen MR) is 68.5 cm³/mol. The SMILES string of the molecule is CCc1ccc(C#CC(C)(C)OC(C)=O)cc1. The Balaban J connectivity index is 2.79. The van der Waals surface area contributed by atoms with Gasteiger partial charge in [-0.1, -0.05) is 30.9 Å². The third-order valence-corrected chi connectivity index (χ3v) is 2.27. The third-order valence-electron chi connectivity index (χ3n) is 2.27. The molecule has 1 aromatic carbocycles. The number of esters is 1. The molecule has 0 N–H and O–H groups in total. The molecular weight excluding hydrogens is 212 g/mol. The number of aryl methyl sites for hydroxylation is 1. The zero-order valence-electron chi connectivity index (χ0n) is 10.8. The highest BCUT2D eigenvalue weighted by Crippen LogP contribution is 2.09. The predicted octanol–water partition coefficient (Wildman–Crippen LogP) is 2.94. The van der Waals surface area contributed by atoms with Gasteiger partial charge in [0.25, 0.3) is 0 Å². The van der Waals surface area contributed by atoms with Crippen molar-refractivity contribution in [1.29, 1.82) is 0 Å². The van der Waals surface area contributed by atoms with Crippen molar-refractivity contribution in [2.45, 2.75) is 39.7 Å². The molecule has 0 spiro atoms. The third kappa shape index (κ3) is 4.74. The van der Waals surface area contributed by atoms with Gasteiger partial charge in [0.2, 0.25) is 0 Å². The Hall–Kier alpha value is -1.75. The molecule has 2 nitrogen and oxygen atoms in total. The van der Waals surface area contributed by atoms with Crippen LogP contribution < -0.4 is 0 Å². The minimum absolute atomic E-state index is 0.314. The van der Waals surface area contributed by atoms with Crippen LogP contribution >= 0.6 is 0 Å². The summed E-state index contributed by atoms with van der Waals surface area (Å²) in [5.74, 6) is 5.65. The average molecular weight is 230 g/mol. The maximum atomic E-state index is 10.9. The van der Waals surface area contributed by atoms with E-state index in [1.165, 1.54) is 12.5 Å². The van der Waals surface area contributed by atoms with Gasteiger partial charge in [0.05, 0.1) is 0 Å². The zero-order valence-corrected chi connectivity index (χ0v) is 10.8. The molecule has 1 rings (SSSR count). The fourth-order valence-electron chi connectivity index (χ4n) is 1.43. The van der Waals surface area contributed by atoms with E-state index in [2.05, 4.69) is 30.9 Å². The highest BCUT2D eigenvalue weighted by atomic mass is 16.6. The second kappa shape index (κ2) is 5.54. The molecule has 0 saturated carbocycles. The molecular formula is C15H18O2. The van der Waals surface area contributed by atoms with Crippen LogP contribution in [0, 0.1) is 11.8 Å². The van der Waals surface area contributed by atoms with E-state index in [0.717, 1.165) is 12.0 Å². The molecule has 0 saturated heterocycles. The fraction of sp³-hybridized carbons (Fsp3) is 0.400. The molecule has 90 valence electrons. The summed E-state index contributed by atoms with van der Waals surface area (Å²) in [5.41, 5.74) is 1.48. The van der Waals surface area contributed by atoms with Gasteiger partial charge >= 0.3 is 5.97 Å². The quantitative estimate of drug-likeness (QED) is 0.577. The van der Waals surface area contributed by atoms with Crippen LogP contribution in [0.15, 0.2) is 24.3 Å². The number of rotatable bonds is 2. The Labute approximate surface area is 103 Å². The number of hydrogen-bond acceptors (Lipinski definition) is 2. The van der Waals surface area contributed by atoms with Crippen molar-refractivity contribution in [1.82, 2.24) is 0 Å². The molecule has 17 heavy (non-hydrogen) atoms. The average Bonchev–Trinajstić information content (AvgIpc) is 2.25. The van der Waals surface area contributed by atoms with Gasteiger partial charge in [-0.15, -0.1) is 0 Å².